The molecular weight excluding hydrogens is 318 g/mol. The number of rotatable bonds is 3. The summed E-state index contributed by atoms with van der Waals surface area (Å²) in [6, 6.07) is 4.17. The maximum atomic E-state index is 12.2. The summed E-state index contributed by atoms with van der Waals surface area (Å²) in [6.07, 6.45) is 7.88. The number of carbonyl (C=O) groups is 2. The van der Waals surface area contributed by atoms with Crippen molar-refractivity contribution < 1.29 is 14.3 Å². The van der Waals surface area contributed by atoms with Crippen LogP contribution in [-0.4, -0.2) is 54.5 Å². The van der Waals surface area contributed by atoms with E-state index in [1.54, 1.807) is 12.3 Å². The van der Waals surface area contributed by atoms with Crippen molar-refractivity contribution in [1.82, 2.24) is 9.88 Å². The summed E-state index contributed by atoms with van der Waals surface area (Å²) in [5.41, 5.74) is 0.665. The number of esters is 1. The fourth-order valence-corrected chi connectivity index (χ4v) is 4.31. The zero-order chi connectivity index (χ0) is 17.4. The van der Waals surface area contributed by atoms with Crippen molar-refractivity contribution >= 4 is 17.7 Å². The van der Waals surface area contributed by atoms with Gasteiger partial charge in [-0.15, -0.1) is 0 Å². The molecule has 0 aromatic carbocycles. The minimum absolute atomic E-state index is 0.192. The lowest BCUT2D eigenvalue weighted by Gasteiger charge is -2.48. The Morgan fingerprint density at radius 1 is 1.28 bits per heavy atom. The molecule has 25 heavy (non-hydrogen) atoms. The summed E-state index contributed by atoms with van der Waals surface area (Å²) in [6.45, 7) is 2.81. The fraction of sp³-hybridized carbons (Fsp3) is 0.632. The number of carbonyl (C=O) groups excluding carboxylic acids is 2. The summed E-state index contributed by atoms with van der Waals surface area (Å²) in [4.78, 5) is 32.7. The van der Waals surface area contributed by atoms with Crippen LogP contribution >= 0.6 is 0 Å². The molecule has 0 bridgehead atoms. The Labute approximate surface area is 148 Å². The molecule has 1 aromatic rings. The summed E-state index contributed by atoms with van der Waals surface area (Å²) < 4.78 is 4.73. The summed E-state index contributed by atoms with van der Waals surface area (Å²) in [5.74, 6) is 0.882. The first-order valence-corrected chi connectivity index (χ1v) is 9.19. The Morgan fingerprint density at radius 3 is 2.80 bits per heavy atom. The van der Waals surface area contributed by atoms with Crippen LogP contribution < -0.4 is 4.90 Å². The Hall–Kier alpha value is -2.11. The number of ether oxygens (including phenoxy) is 1. The van der Waals surface area contributed by atoms with Gasteiger partial charge in [0.15, 0.2) is 0 Å². The molecule has 1 aliphatic carbocycles. The van der Waals surface area contributed by atoms with Gasteiger partial charge in [0.2, 0.25) is 5.91 Å². The number of methoxy groups -OCH3 is 1. The second-order valence-corrected chi connectivity index (χ2v) is 7.67. The quantitative estimate of drug-likeness (QED) is 0.788. The van der Waals surface area contributed by atoms with Crippen molar-refractivity contribution in [2.24, 2.45) is 5.41 Å². The first-order chi connectivity index (χ1) is 12.1. The number of aromatic nitrogens is 1. The summed E-state index contributed by atoms with van der Waals surface area (Å²) >= 11 is 0. The van der Waals surface area contributed by atoms with Crippen LogP contribution in [0.5, 0.6) is 0 Å². The maximum absolute atomic E-state index is 12.2. The molecule has 3 fully saturated rings. The molecule has 2 aliphatic heterocycles. The van der Waals surface area contributed by atoms with E-state index in [-0.39, 0.29) is 11.4 Å². The van der Waals surface area contributed by atoms with Gasteiger partial charge in [0.1, 0.15) is 5.82 Å². The molecule has 1 aromatic heterocycles. The van der Waals surface area contributed by atoms with E-state index in [9.17, 15) is 9.59 Å². The largest absolute Gasteiger partial charge is 0.465 e. The van der Waals surface area contributed by atoms with Crippen molar-refractivity contribution in [1.29, 1.82) is 0 Å². The van der Waals surface area contributed by atoms with Crippen molar-refractivity contribution in [3.05, 3.63) is 23.9 Å². The second-order valence-electron chi connectivity index (χ2n) is 7.67. The van der Waals surface area contributed by atoms with Gasteiger partial charge in [-0.25, -0.2) is 9.78 Å². The van der Waals surface area contributed by atoms with E-state index in [4.69, 9.17) is 4.74 Å². The van der Waals surface area contributed by atoms with Crippen molar-refractivity contribution in [3.63, 3.8) is 0 Å². The Morgan fingerprint density at radius 2 is 2.12 bits per heavy atom. The van der Waals surface area contributed by atoms with Crippen LogP contribution in [-0.2, 0) is 9.53 Å². The van der Waals surface area contributed by atoms with Gasteiger partial charge in [0.05, 0.1) is 12.7 Å². The summed E-state index contributed by atoms with van der Waals surface area (Å²) in [5, 5.41) is 0. The van der Waals surface area contributed by atoms with Gasteiger partial charge in [-0.2, -0.15) is 0 Å². The summed E-state index contributed by atoms with van der Waals surface area (Å²) in [7, 11) is 1.38. The number of pyridine rings is 1. The highest BCUT2D eigenvalue weighted by molar-refractivity contribution is 5.89. The number of hydrogen-bond acceptors (Lipinski definition) is 5. The SMILES string of the molecule is COC(=O)c1ccc(N2CCC[C@@]3(CCC(=O)N(C4CC4)C3)C2)nc1. The first kappa shape index (κ1) is 16.4. The monoisotopic (exact) mass is 343 g/mol. The standard InChI is InChI=1S/C19H25N3O3/c1-25-18(24)14-3-6-16(20-11-14)21-10-2-8-19(12-21)9-7-17(23)22(13-19)15-4-5-15/h3,6,11,15H,2,4-5,7-10,12-13H2,1H3/t19-/m1/s1. The van der Waals surface area contributed by atoms with E-state index in [1.165, 1.54) is 26.4 Å². The average Bonchev–Trinajstić information content (AvgIpc) is 3.49. The van der Waals surface area contributed by atoms with Crippen LogP contribution in [0.3, 0.4) is 0 Å². The smallest absolute Gasteiger partial charge is 0.339 e. The van der Waals surface area contributed by atoms with E-state index < -0.39 is 0 Å². The van der Waals surface area contributed by atoms with Gasteiger partial charge in [0, 0.05) is 43.7 Å². The molecule has 1 spiro atoms. The first-order valence-electron chi connectivity index (χ1n) is 9.19. The van der Waals surface area contributed by atoms with Gasteiger partial charge >= 0.3 is 5.97 Å². The molecular formula is C19H25N3O3. The zero-order valence-electron chi connectivity index (χ0n) is 14.7. The van der Waals surface area contributed by atoms with Gasteiger partial charge in [-0.1, -0.05) is 0 Å². The topological polar surface area (TPSA) is 62.7 Å². The third kappa shape index (κ3) is 3.22. The minimum atomic E-state index is -0.361. The highest BCUT2D eigenvalue weighted by Crippen LogP contribution is 2.43. The second kappa shape index (κ2) is 6.32. The molecule has 134 valence electrons. The van der Waals surface area contributed by atoms with Gasteiger partial charge in [0.25, 0.3) is 0 Å². The molecule has 0 unspecified atom stereocenters. The Kier molecular flexibility index (Phi) is 4.13. The number of piperidine rings is 2. The van der Waals surface area contributed by atoms with Crippen LogP contribution in [0.1, 0.15) is 48.9 Å². The van der Waals surface area contributed by atoms with Crippen LogP contribution in [0.2, 0.25) is 0 Å². The Balaban J connectivity index is 1.49. The molecule has 0 N–H and O–H groups in total. The average molecular weight is 343 g/mol. The molecule has 3 aliphatic rings. The van der Waals surface area contributed by atoms with Crippen LogP contribution in [0, 0.1) is 5.41 Å². The molecule has 6 heteroatoms. The number of amides is 1. The van der Waals surface area contributed by atoms with E-state index in [0.717, 1.165) is 38.3 Å². The van der Waals surface area contributed by atoms with Gasteiger partial charge < -0.3 is 14.5 Å². The molecule has 1 saturated carbocycles. The number of likely N-dealkylation sites (tertiary alicyclic amines) is 1. The lowest BCUT2D eigenvalue weighted by atomic mass is 9.73. The number of hydrogen-bond donors (Lipinski definition) is 0. The van der Waals surface area contributed by atoms with Crippen molar-refractivity contribution in [2.75, 3.05) is 31.6 Å². The molecule has 2 saturated heterocycles. The molecule has 1 atom stereocenters. The molecule has 4 rings (SSSR count). The minimum Gasteiger partial charge on any atom is -0.465 e. The van der Waals surface area contributed by atoms with E-state index in [2.05, 4.69) is 14.8 Å². The Bertz CT molecular complexity index is 671. The van der Waals surface area contributed by atoms with Crippen LogP contribution in [0.15, 0.2) is 18.3 Å². The van der Waals surface area contributed by atoms with E-state index >= 15 is 0 Å². The van der Waals surface area contributed by atoms with E-state index in [0.29, 0.717) is 23.9 Å². The van der Waals surface area contributed by atoms with Crippen molar-refractivity contribution in [3.8, 4) is 0 Å². The molecule has 3 heterocycles. The van der Waals surface area contributed by atoms with Gasteiger partial charge in [-0.3, -0.25) is 4.79 Å². The van der Waals surface area contributed by atoms with Crippen LogP contribution in [0.4, 0.5) is 5.82 Å². The predicted octanol–water partition coefficient (Wildman–Crippen LogP) is 2.24. The number of nitrogens with zero attached hydrogens (tertiary/aromatic N) is 3. The van der Waals surface area contributed by atoms with Crippen molar-refractivity contribution in [2.45, 2.75) is 44.6 Å². The number of anilines is 1. The molecule has 6 nitrogen and oxygen atoms in total. The van der Waals surface area contributed by atoms with E-state index in [1.807, 2.05) is 6.07 Å². The predicted molar refractivity (Wildman–Crippen MR) is 93.4 cm³/mol. The highest BCUT2D eigenvalue weighted by Gasteiger charge is 2.45. The third-order valence-electron chi connectivity index (χ3n) is 5.84. The van der Waals surface area contributed by atoms with Gasteiger partial charge in [-0.05, 0) is 44.2 Å². The highest BCUT2D eigenvalue weighted by atomic mass is 16.5. The zero-order valence-corrected chi connectivity index (χ0v) is 14.7. The van der Waals surface area contributed by atoms with Crippen LogP contribution in [0.25, 0.3) is 0 Å². The molecule has 1 amide bonds. The normalized spacial score (nSPS) is 26.8. The maximum Gasteiger partial charge on any atom is 0.339 e. The molecule has 0 radical (unpaired) electrons. The lowest BCUT2D eigenvalue weighted by molar-refractivity contribution is -0.138. The third-order valence-corrected chi connectivity index (χ3v) is 5.84. The fourth-order valence-electron chi connectivity index (χ4n) is 4.31. The lowest BCUT2D eigenvalue weighted by Crippen LogP contribution is -2.54.